The third-order valence-corrected chi connectivity index (χ3v) is 6.09. The number of nitrogens with one attached hydrogen (secondary N) is 2. The highest BCUT2D eigenvalue weighted by Crippen LogP contribution is 2.61. The Kier molecular flexibility index (Phi) is 3.29. The van der Waals surface area contributed by atoms with Gasteiger partial charge in [0.25, 0.3) is 0 Å². The molecule has 102 valence electrons. The Hall–Kier alpha value is -0.310. The topological polar surface area (TPSA) is 24.1 Å². The zero-order valence-corrected chi connectivity index (χ0v) is 12.5. The van der Waals surface area contributed by atoms with Crippen LogP contribution >= 0.6 is 12.2 Å². The highest BCUT2D eigenvalue weighted by atomic mass is 32.1. The lowest BCUT2D eigenvalue weighted by Crippen LogP contribution is -2.57. The van der Waals surface area contributed by atoms with E-state index in [1.54, 1.807) is 0 Å². The molecule has 3 heteroatoms. The highest BCUT2D eigenvalue weighted by molar-refractivity contribution is 7.80. The minimum Gasteiger partial charge on any atom is -0.366 e. The highest BCUT2D eigenvalue weighted by Gasteiger charge is 2.53. The van der Waals surface area contributed by atoms with Crippen LogP contribution in [-0.4, -0.2) is 18.2 Å². The summed E-state index contributed by atoms with van der Waals surface area (Å²) in [6, 6.07) is 0.589. The van der Waals surface area contributed by atoms with Crippen LogP contribution in [0.25, 0.3) is 0 Å². The lowest BCUT2D eigenvalue weighted by molar-refractivity contribution is -0.0711. The molecule has 4 rings (SSSR count). The van der Waals surface area contributed by atoms with E-state index in [-0.39, 0.29) is 0 Å². The molecule has 1 atom stereocenters. The minimum atomic E-state index is 0.560. The fourth-order valence-corrected chi connectivity index (χ4v) is 5.67. The molecule has 4 aliphatic carbocycles. The van der Waals surface area contributed by atoms with Gasteiger partial charge in [0.2, 0.25) is 0 Å². The van der Waals surface area contributed by atoms with Crippen LogP contribution in [0.5, 0.6) is 0 Å². The molecule has 2 nitrogen and oxygen atoms in total. The van der Waals surface area contributed by atoms with Gasteiger partial charge in [-0.25, -0.2) is 0 Å². The molecule has 18 heavy (non-hydrogen) atoms. The van der Waals surface area contributed by atoms with Crippen LogP contribution in [0.3, 0.4) is 0 Å². The fraction of sp³-hybridized carbons (Fsp3) is 0.933. The summed E-state index contributed by atoms with van der Waals surface area (Å²) in [5.74, 6) is 3.07. The monoisotopic (exact) mass is 266 g/mol. The minimum absolute atomic E-state index is 0.560. The molecule has 0 amide bonds. The van der Waals surface area contributed by atoms with Gasteiger partial charge in [-0.1, -0.05) is 6.92 Å². The molecule has 4 bridgehead atoms. The summed E-state index contributed by atoms with van der Waals surface area (Å²) in [5, 5.41) is 7.51. The van der Waals surface area contributed by atoms with Gasteiger partial charge >= 0.3 is 0 Å². The Labute approximate surface area is 116 Å². The van der Waals surface area contributed by atoms with E-state index in [2.05, 4.69) is 17.6 Å². The summed E-state index contributed by atoms with van der Waals surface area (Å²) in [7, 11) is 1.92. The van der Waals surface area contributed by atoms with Crippen molar-refractivity contribution in [3.8, 4) is 0 Å². The largest absolute Gasteiger partial charge is 0.366 e. The fourth-order valence-electron chi connectivity index (χ4n) is 5.52. The molecule has 0 radical (unpaired) electrons. The van der Waals surface area contributed by atoms with E-state index in [9.17, 15) is 0 Å². The average Bonchev–Trinajstić information content (AvgIpc) is 2.33. The van der Waals surface area contributed by atoms with Gasteiger partial charge in [-0.05, 0) is 80.3 Å². The normalized spacial score (nSPS) is 42.7. The standard InChI is InChI=1S/C15H26N2S/c1-3-13(17-14(18)16-2)15-7-10-4-11(8-15)6-12(5-10)9-15/h10-13H,3-9H2,1-2H3,(H2,16,17,18). The van der Waals surface area contributed by atoms with Gasteiger partial charge in [0.1, 0.15) is 0 Å². The predicted octanol–water partition coefficient (Wildman–Crippen LogP) is 3.08. The van der Waals surface area contributed by atoms with E-state index in [1.165, 1.54) is 44.9 Å². The van der Waals surface area contributed by atoms with Gasteiger partial charge in [-0.3, -0.25) is 0 Å². The molecule has 4 fully saturated rings. The van der Waals surface area contributed by atoms with Crippen LogP contribution < -0.4 is 10.6 Å². The van der Waals surface area contributed by atoms with Crippen molar-refractivity contribution >= 4 is 17.3 Å². The number of hydrogen-bond acceptors (Lipinski definition) is 1. The second-order valence-electron chi connectivity index (χ2n) is 6.96. The summed E-state index contributed by atoms with van der Waals surface area (Å²) in [4.78, 5) is 0. The predicted molar refractivity (Wildman–Crippen MR) is 79.5 cm³/mol. The van der Waals surface area contributed by atoms with E-state index in [4.69, 9.17) is 12.2 Å². The number of rotatable bonds is 3. The Morgan fingerprint density at radius 1 is 1.17 bits per heavy atom. The molecule has 1 unspecified atom stereocenters. The Balaban J connectivity index is 1.78. The van der Waals surface area contributed by atoms with Crippen molar-refractivity contribution in [2.75, 3.05) is 7.05 Å². The van der Waals surface area contributed by atoms with Gasteiger partial charge in [-0.15, -0.1) is 0 Å². The molecular weight excluding hydrogens is 240 g/mol. The average molecular weight is 266 g/mol. The van der Waals surface area contributed by atoms with Crippen LogP contribution in [0.2, 0.25) is 0 Å². The van der Waals surface area contributed by atoms with Crippen LogP contribution in [0.4, 0.5) is 0 Å². The van der Waals surface area contributed by atoms with E-state index >= 15 is 0 Å². The molecule has 0 aromatic rings. The SMILES string of the molecule is CCC(NC(=S)NC)C12CC3CC(CC(C3)C1)C2. The maximum atomic E-state index is 5.33. The zero-order valence-electron chi connectivity index (χ0n) is 11.7. The molecule has 0 heterocycles. The van der Waals surface area contributed by atoms with Crippen LogP contribution in [0.1, 0.15) is 51.9 Å². The van der Waals surface area contributed by atoms with Gasteiger partial charge in [0, 0.05) is 13.1 Å². The first-order valence-electron chi connectivity index (χ1n) is 7.63. The van der Waals surface area contributed by atoms with E-state index in [0.717, 1.165) is 22.9 Å². The molecule has 0 aromatic carbocycles. The Morgan fingerprint density at radius 2 is 1.67 bits per heavy atom. The molecule has 4 aliphatic rings. The Bertz CT molecular complexity index is 304. The quantitative estimate of drug-likeness (QED) is 0.768. The first kappa shape index (κ1) is 12.7. The molecular formula is C15H26N2S. The van der Waals surface area contributed by atoms with Crippen molar-refractivity contribution in [1.82, 2.24) is 10.6 Å². The van der Waals surface area contributed by atoms with Gasteiger partial charge < -0.3 is 10.6 Å². The molecule has 0 aliphatic heterocycles. The van der Waals surface area contributed by atoms with E-state index < -0.39 is 0 Å². The van der Waals surface area contributed by atoms with Gasteiger partial charge in [0.05, 0.1) is 0 Å². The van der Waals surface area contributed by atoms with Crippen molar-refractivity contribution in [1.29, 1.82) is 0 Å². The number of hydrogen-bond donors (Lipinski definition) is 2. The Morgan fingerprint density at radius 3 is 2.06 bits per heavy atom. The first-order chi connectivity index (χ1) is 8.65. The molecule has 0 spiro atoms. The lowest BCUT2D eigenvalue weighted by atomic mass is 9.47. The molecule has 4 saturated carbocycles. The molecule has 0 aromatic heterocycles. The number of thiocarbonyl (C=S) groups is 1. The maximum absolute atomic E-state index is 5.33. The first-order valence-corrected chi connectivity index (χ1v) is 8.04. The summed E-state index contributed by atoms with van der Waals surface area (Å²) < 4.78 is 0. The lowest BCUT2D eigenvalue weighted by Gasteiger charge is -2.59. The second kappa shape index (κ2) is 4.66. The van der Waals surface area contributed by atoms with Gasteiger partial charge in [0.15, 0.2) is 5.11 Å². The second-order valence-corrected chi connectivity index (χ2v) is 7.37. The zero-order chi connectivity index (χ0) is 12.8. The van der Waals surface area contributed by atoms with E-state index in [0.29, 0.717) is 11.5 Å². The summed E-state index contributed by atoms with van der Waals surface area (Å²) in [6.45, 7) is 2.31. The third-order valence-electron chi connectivity index (χ3n) is 5.77. The summed E-state index contributed by atoms with van der Waals surface area (Å²) >= 11 is 5.33. The van der Waals surface area contributed by atoms with Crippen molar-refractivity contribution in [2.24, 2.45) is 23.2 Å². The van der Waals surface area contributed by atoms with Crippen molar-refractivity contribution < 1.29 is 0 Å². The van der Waals surface area contributed by atoms with Gasteiger partial charge in [-0.2, -0.15) is 0 Å². The van der Waals surface area contributed by atoms with Crippen LogP contribution in [0.15, 0.2) is 0 Å². The van der Waals surface area contributed by atoms with Crippen molar-refractivity contribution in [3.63, 3.8) is 0 Å². The summed E-state index contributed by atoms with van der Waals surface area (Å²) in [6.07, 6.45) is 10.1. The van der Waals surface area contributed by atoms with Crippen LogP contribution in [-0.2, 0) is 0 Å². The third kappa shape index (κ3) is 2.04. The van der Waals surface area contributed by atoms with Crippen LogP contribution in [0, 0.1) is 23.2 Å². The van der Waals surface area contributed by atoms with E-state index in [1.807, 2.05) is 7.05 Å². The summed E-state index contributed by atoms with van der Waals surface area (Å²) in [5.41, 5.74) is 0.560. The van der Waals surface area contributed by atoms with Crippen molar-refractivity contribution in [2.45, 2.75) is 57.9 Å². The maximum Gasteiger partial charge on any atom is 0.166 e. The van der Waals surface area contributed by atoms with Crippen molar-refractivity contribution in [3.05, 3.63) is 0 Å². The molecule has 0 saturated heterocycles. The molecule has 2 N–H and O–H groups in total. The smallest absolute Gasteiger partial charge is 0.166 e.